The number of halogens is 3. The highest BCUT2D eigenvalue weighted by Gasteiger charge is 2.47. The maximum Gasteiger partial charge on any atom is 0.416 e. The third-order valence-corrected chi connectivity index (χ3v) is 8.26. The number of hydrogen-bond acceptors (Lipinski definition) is 5. The lowest BCUT2D eigenvalue weighted by Gasteiger charge is -2.48. The van der Waals surface area contributed by atoms with Crippen LogP contribution in [0.25, 0.3) is 33.4 Å². The highest BCUT2D eigenvalue weighted by Crippen LogP contribution is 2.43. The van der Waals surface area contributed by atoms with Crippen molar-refractivity contribution < 1.29 is 26.3 Å². The number of pyridine rings is 2. The van der Waals surface area contributed by atoms with Crippen LogP contribution in [0.15, 0.2) is 73.0 Å². The van der Waals surface area contributed by atoms with Crippen LogP contribution in [0.5, 0.6) is 5.75 Å². The van der Waals surface area contributed by atoms with E-state index in [0.29, 0.717) is 52.1 Å². The van der Waals surface area contributed by atoms with Crippen LogP contribution >= 0.6 is 0 Å². The Labute approximate surface area is 211 Å². The van der Waals surface area contributed by atoms with Gasteiger partial charge in [0.05, 0.1) is 34.0 Å². The minimum Gasteiger partial charge on any atom is -0.489 e. The fourth-order valence-corrected chi connectivity index (χ4v) is 5.83. The summed E-state index contributed by atoms with van der Waals surface area (Å²) >= 11 is 0. The van der Waals surface area contributed by atoms with Gasteiger partial charge in [0.15, 0.2) is 0 Å². The number of H-pyrrole nitrogens is 1. The van der Waals surface area contributed by atoms with Crippen molar-refractivity contribution in [2.24, 2.45) is 0 Å². The van der Waals surface area contributed by atoms with E-state index in [1.165, 1.54) is 16.6 Å². The SMILES string of the molecule is C=CS(=O)(=O)N1CC[C@@]1(C)COc1cnccc1-c1[nH]c2cccnc2c1-c1cccc(C(F)(F)F)c1. The molecule has 11 heteroatoms. The second kappa shape index (κ2) is 9.00. The van der Waals surface area contributed by atoms with E-state index in [-0.39, 0.29) is 6.61 Å². The van der Waals surface area contributed by atoms with Crippen LogP contribution in [0.4, 0.5) is 13.2 Å². The maximum absolute atomic E-state index is 13.5. The fraction of sp³-hybridized carbons (Fsp3) is 0.231. The minimum absolute atomic E-state index is 0.0517. The van der Waals surface area contributed by atoms with Crippen molar-refractivity contribution in [2.45, 2.75) is 25.1 Å². The highest BCUT2D eigenvalue weighted by atomic mass is 32.2. The summed E-state index contributed by atoms with van der Waals surface area (Å²) in [6.45, 7) is 5.59. The van der Waals surface area contributed by atoms with Gasteiger partial charge >= 0.3 is 6.18 Å². The van der Waals surface area contributed by atoms with Crippen molar-refractivity contribution in [1.29, 1.82) is 0 Å². The van der Waals surface area contributed by atoms with Gasteiger partial charge in [-0.05, 0) is 49.2 Å². The first-order valence-electron chi connectivity index (χ1n) is 11.4. The number of sulfonamides is 1. The number of nitrogens with zero attached hydrogens (tertiary/aromatic N) is 3. The summed E-state index contributed by atoms with van der Waals surface area (Å²) in [4.78, 5) is 11.9. The number of rotatable bonds is 7. The van der Waals surface area contributed by atoms with Crippen LogP contribution in [0.3, 0.4) is 0 Å². The summed E-state index contributed by atoms with van der Waals surface area (Å²) in [5.74, 6) is 0.353. The molecule has 1 atom stereocenters. The molecule has 1 saturated heterocycles. The van der Waals surface area contributed by atoms with Crippen molar-refractivity contribution in [3.05, 3.63) is 78.6 Å². The van der Waals surface area contributed by atoms with E-state index in [1.807, 2.05) is 0 Å². The molecule has 1 fully saturated rings. The number of ether oxygens (including phenoxy) is 1. The monoisotopic (exact) mass is 528 g/mol. The zero-order valence-corrected chi connectivity index (χ0v) is 20.6. The molecule has 0 aliphatic carbocycles. The molecule has 4 aromatic rings. The molecule has 0 spiro atoms. The van der Waals surface area contributed by atoms with Gasteiger partial charge in [0.2, 0.25) is 10.0 Å². The zero-order valence-electron chi connectivity index (χ0n) is 19.8. The first-order chi connectivity index (χ1) is 17.5. The Balaban J connectivity index is 1.58. The molecule has 5 rings (SSSR count). The van der Waals surface area contributed by atoms with Crippen LogP contribution in [0.2, 0.25) is 0 Å². The summed E-state index contributed by atoms with van der Waals surface area (Å²) in [5, 5.41) is 0.915. The molecule has 0 unspecified atom stereocenters. The normalized spacial score (nSPS) is 18.5. The second-order valence-electron chi connectivity index (χ2n) is 9.04. The number of hydrogen-bond donors (Lipinski definition) is 1. The summed E-state index contributed by atoms with van der Waals surface area (Å²) in [7, 11) is -3.62. The molecule has 0 radical (unpaired) electrons. The maximum atomic E-state index is 13.5. The number of nitrogens with one attached hydrogen (secondary N) is 1. The standard InChI is InChI=1S/C26H23F3N4O3S/c1-3-37(34,35)33-13-10-25(33,2)16-36-21-15-30-12-9-19(21)23-22(24-20(32-23)8-5-11-31-24)17-6-4-7-18(14-17)26(27,28)29/h3-9,11-12,14-15,32H,1,10,13,16H2,2H3/t25-/m0/s1. The topological polar surface area (TPSA) is 88.2 Å². The lowest BCUT2D eigenvalue weighted by atomic mass is 9.91. The van der Waals surface area contributed by atoms with Crippen LogP contribution in [0.1, 0.15) is 18.9 Å². The lowest BCUT2D eigenvalue weighted by molar-refractivity contribution is -0.137. The molecule has 1 aliphatic rings. The smallest absolute Gasteiger partial charge is 0.416 e. The van der Waals surface area contributed by atoms with Gasteiger partial charge in [-0.1, -0.05) is 18.7 Å². The van der Waals surface area contributed by atoms with Crippen molar-refractivity contribution in [3.8, 4) is 28.1 Å². The molecule has 0 bridgehead atoms. The zero-order chi connectivity index (χ0) is 26.4. The molecule has 1 N–H and O–H groups in total. The highest BCUT2D eigenvalue weighted by molar-refractivity contribution is 7.92. The van der Waals surface area contributed by atoms with E-state index >= 15 is 0 Å². The lowest BCUT2D eigenvalue weighted by Crippen LogP contribution is -2.62. The molecule has 1 aliphatic heterocycles. The van der Waals surface area contributed by atoms with Gasteiger partial charge in [-0.15, -0.1) is 0 Å². The molecule has 4 heterocycles. The van der Waals surface area contributed by atoms with Gasteiger partial charge in [0, 0.05) is 35.5 Å². The van der Waals surface area contributed by atoms with Gasteiger partial charge in [-0.2, -0.15) is 17.5 Å². The number of alkyl halides is 3. The average Bonchev–Trinajstić information content (AvgIpc) is 3.25. The first-order valence-corrected chi connectivity index (χ1v) is 12.9. The van der Waals surface area contributed by atoms with Crippen molar-refractivity contribution >= 4 is 21.1 Å². The predicted molar refractivity (Wildman–Crippen MR) is 134 cm³/mol. The van der Waals surface area contributed by atoms with E-state index < -0.39 is 27.3 Å². The summed E-state index contributed by atoms with van der Waals surface area (Å²) < 4.78 is 72.6. The molecule has 7 nitrogen and oxygen atoms in total. The van der Waals surface area contributed by atoms with Crippen molar-refractivity contribution in [3.63, 3.8) is 0 Å². The van der Waals surface area contributed by atoms with Gasteiger partial charge < -0.3 is 9.72 Å². The number of aromatic nitrogens is 3. The number of aromatic amines is 1. The van der Waals surface area contributed by atoms with Crippen LogP contribution < -0.4 is 4.74 Å². The first kappa shape index (κ1) is 25.0. The Morgan fingerprint density at radius 2 is 2.03 bits per heavy atom. The molecular formula is C26H23F3N4O3S. The van der Waals surface area contributed by atoms with Crippen molar-refractivity contribution in [2.75, 3.05) is 13.2 Å². The van der Waals surface area contributed by atoms with Gasteiger partial charge in [-0.25, -0.2) is 8.42 Å². The molecule has 1 aromatic carbocycles. The molecule has 0 amide bonds. The van der Waals surface area contributed by atoms with Gasteiger partial charge in [-0.3, -0.25) is 9.97 Å². The van der Waals surface area contributed by atoms with E-state index in [9.17, 15) is 21.6 Å². The Hall–Kier alpha value is -3.70. The minimum atomic E-state index is -4.50. The van der Waals surface area contributed by atoms with Crippen LogP contribution in [-0.2, 0) is 16.2 Å². The molecule has 37 heavy (non-hydrogen) atoms. The quantitative estimate of drug-likeness (QED) is 0.336. The van der Waals surface area contributed by atoms with Gasteiger partial charge in [0.25, 0.3) is 0 Å². The molecule has 3 aromatic heterocycles. The Bertz CT molecular complexity index is 1600. The summed E-state index contributed by atoms with van der Waals surface area (Å²) in [6.07, 6.45) is 0.722. The molecule has 0 saturated carbocycles. The number of fused-ring (bicyclic) bond motifs is 1. The number of benzene rings is 1. The van der Waals surface area contributed by atoms with Crippen LogP contribution in [-0.4, -0.2) is 46.4 Å². The Kier molecular flexibility index (Phi) is 6.07. The average molecular weight is 529 g/mol. The predicted octanol–water partition coefficient (Wildman–Crippen LogP) is 5.63. The van der Waals surface area contributed by atoms with Crippen molar-refractivity contribution in [1.82, 2.24) is 19.3 Å². The van der Waals surface area contributed by atoms with E-state index in [1.54, 1.807) is 43.6 Å². The Morgan fingerprint density at radius 1 is 1.22 bits per heavy atom. The summed E-state index contributed by atoms with van der Waals surface area (Å²) in [5.41, 5.74) is 1.51. The van der Waals surface area contributed by atoms with Crippen LogP contribution in [0, 0.1) is 0 Å². The van der Waals surface area contributed by atoms with E-state index in [4.69, 9.17) is 4.74 Å². The van der Waals surface area contributed by atoms with E-state index in [2.05, 4.69) is 21.5 Å². The fourth-order valence-electron chi connectivity index (χ4n) is 4.54. The summed E-state index contributed by atoms with van der Waals surface area (Å²) in [6, 6.07) is 10.3. The third-order valence-electron chi connectivity index (χ3n) is 6.60. The third kappa shape index (κ3) is 4.49. The molecule has 192 valence electrons. The Morgan fingerprint density at radius 3 is 2.73 bits per heavy atom. The second-order valence-corrected chi connectivity index (χ2v) is 10.8. The van der Waals surface area contributed by atoms with E-state index in [0.717, 1.165) is 17.5 Å². The van der Waals surface area contributed by atoms with Gasteiger partial charge in [0.1, 0.15) is 12.4 Å². The largest absolute Gasteiger partial charge is 0.489 e. The molecular weight excluding hydrogens is 505 g/mol.